The third-order valence-electron chi connectivity index (χ3n) is 4.95. The topological polar surface area (TPSA) is 116 Å². The first-order chi connectivity index (χ1) is 15.5. The lowest BCUT2D eigenvalue weighted by molar-refractivity contribution is -0.114. The Balaban J connectivity index is 2.06. The van der Waals surface area contributed by atoms with Crippen molar-refractivity contribution in [2.24, 2.45) is 5.73 Å². The highest BCUT2D eigenvalue weighted by Gasteiger charge is 2.27. The standard InChI is InChI=1S/C24H27N3O5/c1-3-13-32-26-20(28)15-31-19-12-8-11-18-21(19)22(23(29)24(25)30)17(4-2)27(18)14-16-9-6-5-7-10-16/h3,5-12,20,26,28H,1,4,13-15H2,2H3,(H2,25,30). The lowest BCUT2D eigenvalue weighted by atomic mass is 10.0. The molecular weight excluding hydrogens is 410 g/mol. The van der Waals surface area contributed by atoms with E-state index in [2.05, 4.69) is 12.1 Å². The molecule has 0 bridgehead atoms. The number of hydroxylamine groups is 1. The summed E-state index contributed by atoms with van der Waals surface area (Å²) in [5.41, 5.74) is 10.5. The summed E-state index contributed by atoms with van der Waals surface area (Å²) in [6.45, 7) is 6.02. The van der Waals surface area contributed by atoms with E-state index >= 15 is 0 Å². The summed E-state index contributed by atoms with van der Waals surface area (Å²) >= 11 is 0. The molecule has 3 rings (SSSR count). The molecular formula is C24H27N3O5. The van der Waals surface area contributed by atoms with Crippen LogP contribution in [-0.2, 0) is 22.6 Å². The van der Waals surface area contributed by atoms with Crippen LogP contribution in [0.4, 0.5) is 0 Å². The smallest absolute Gasteiger partial charge is 0.289 e. The van der Waals surface area contributed by atoms with E-state index in [-0.39, 0.29) is 18.8 Å². The predicted octanol–water partition coefficient (Wildman–Crippen LogP) is 2.32. The molecule has 8 heteroatoms. The van der Waals surface area contributed by atoms with Crippen LogP contribution >= 0.6 is 0 Å². The van der Waals surface area contributed by atoms with Crippen molar-refractivity contribution in [2.45, 2.75) is 26.1 Å². The number of nitrogens with two attached hydrogens (primary N) is 1. The summed E-state index contributed by atoms with van der Waals surface area (Å²) in [6.07, 6.45) is 0.928. The zero-order valence-electron chi connectivity index (χ0n) is 17.9. The summed E-state index contributed by atoms with van der Waals surface area (Å²) in [7, 11) is 0. The number of aromatic nitrogens is 1. The Morgan fingerprint density at radius 3 is 2.62 bits per heavy atom. The van der Waals surface area contributed by atoms with Gasteiger partial charge in [-0.05, 0) is 24.1 Å². The van der Waals surface area contributed by atoms with E-state index in [0.717, 1.165) is 11.1 Å². The number of ketones is 1. The van der Waals surface area contributed by atoms with Gasteiger partial charge in [0.2, 0.25) is 0 Å². The molecule has 0 fully saturated rings. The van der Waals surface area contributed by atoms with Crippen molar-refractivity contribution in [3.63, 3.8) is 0 Å². The Hall–Kier alpha value is -3.46. The van der Waals surface area contributed by atoms with Crippen molar-refractivity contribution in [1.82, 2.24) is 10.0 Å². The van der Waals surface area contributed by atoms with E-state index in [9.17, 15) is 14.7 Å². The van der Waals surface area contributed by atoms with Crippen LogP contribution in [0.25, 0.3) is 10.9 Å². The summed E-state index contributed by atoms with van der Waals surface area (Å²) < 4.78 is 7.80. The number of Topliss-reactive ketones (excluding diaryl/α,β-unsaturated/α-hetero) is 1. The van der Waals surface area contributed by atoms with E-state index in [1.807, 2.05) is 47.9 Å². The molecule has 2 aromatic carbocycles. The van der Waals surface area contributed by atoms with E-state index in [1.165, 1.54) is 6.08 Å². The normalized spacial score (nSPS) is 11.9. The number of rotatable bonds is 12. The van der Waals surface area contributed by atoms with Crippen molar-refractivity contribution in [3.05, 3.63) is 78.0 Å². The van der Waals surface area contributed by atoms with Crippen LogP contribution in [0.1, 0.15) is 28.5 Å². The lowest BCUT2D eigenvalue weighted by Gasteiger charge is -2.14. The largest absolute Gasteiger partial charge is 0.489 e. The van der Waals surface area contributed by atoms with Gasteiger partial charge in [-0.15, -0.1) is 6.58 Å². The molecule has 1 amide bonds. The fraction of sp³-hybridized carbons (Fsp3) is 0.250. The maximum atomic E-state index is 12.8. The number of fused-ring (bicyclic) bond motifs is 1. The second kappa shape index (κ2) is 10.7. The highest BCUT2D eigenvalue weighted by atomic mass is 16.7. The number of amides is 1. The molecule has 1 unspecified atom stereocenters. The number of hydrogen-bond donors (Lipinski definition) is 3. The van der Waals surface area contributed by atoms with E-state index in [4.69, 9.17) is 15.3 Å². The summed E-state index contributed by atoms with van der Waals surface area (Å²) in [6, 6.07) is 15.2. The Kier molecular flexibility index (Phi) is 7.77. The highest BCUT2D eigenvalue weighted by molar-refractivity contribution is 6.45. The van der Waals surface area contributed by atoms with Crippen molar-refractivity contribution >= 4 is 22.6 Å². The molecule has 4 N–H and O–H groups in total. The number of primary amides is 1. The monoisotopic (exact) mass is 437 g/mol. The SMILES string of the molecule is C=CCONC(O)COc1cccc2c1c(C(=O)C(N)=O)c(CC)n2Cc1ccccc1. The zero-order chi connectivity index (χ0) is 23.1. The minimum Gasteiger partial charge on any atom is -0.489 e. The first-order valence-corrected chi connectivity index (χ1v) is 10.3. The molecule has 32 heavy (non-hydrogen) atoms. The number of ether oxygens (including phenoxy) is 1. The summed E-state index contributed by atoms with van der Waals surface area (Å²) in [5.74, 6) is -1.45. The molecule has 168 valence electrons. The van der Waals surface area contributed by atoms with Gasteiger partial charge in [0.05, 0.1) is 23.1 Å². The maximum absolute atomic E-state index is 12.8. The highest BCUT2D eigenvalue weighted by Crippen LogP contribution is 2.35. The molecule has 0 spiro atoms. The van der Waals surface area contributed by atoms with Crippen LogP contribution in [0.2, 0.25) is 0 Å². The molecule has 0 saturated heterocycles. The van der Waals surface area contributed by atoms with Gasteiger partial charge in [0.1, 0.15) is 12.4 Å². The van der Waals surface area contributed by atoms with Crippen molar-refractivity contribution < 1.29 is 24.3 Å². The number of nitrogens with zero attached hydrogens (tertiary/aromatic N) is 1. The van der Waals surface area contributed by atoms with Crippen LogP contribution in [0.5, 0.6) is 5.75 Å². The van der Waals surface area contributed by atoms with Gasteiger partial charge in [-0.3, -0.25) is 14.4 Å². The minimum absolute atomic E-state index is 0.147. The quantitative estimate of drug-likeness (QED) is 0.100. The number of hydrogen-bond acceptors (Lipinski definition) is 6. The fourth-order valence-corrected chi connectivity index (χ4v) is 3.63. The van der Waals surface area contributed by atoms with Crippen molar-refractivity contribution in [1.29, 1.82) is 0 Å². The number of carbonyl (C=O) groups is 2. The number of aliphatic hydroxyl groups is 1. The molecule has 0 saturated carbocycles. The van der Waals surface area contributed by atoms with Gasteiger partial charge in [0.25, 0.3) is 11.7 Å². The van der Waals surface area contributed by atoms with Crippen LogP contribution in [0.15, 0.2) is 61.2 Å². The Morgan fingerprint density at radius 1 is 1.22 bits per heavy atom. The lowest BCUT2D eigenvalue weighted by Crippen LogP contribution is -2.34. The molecule has 0 aliphatic heterocycles. The Bertz CT molecular complexity index is 1110. The maximum Gasteiger partial charge on any atom is 0.289 e. The second-order valence-corrected chi connectivity index (χ2v) is 7.13. The summed E-state index contributed by atoms with van der Waals surface area (Å²) in [4.78, 5) is 29.7. The van der Waals surface area contributed by atoms with Gasteiger partial charge >= 0.3 is 0 Å². The summed E-state index contributed by atoms with van der Waals surface area (Å²) in [5, 5.41) is 10.5. The molecule has 1 heterocycles. The van der Waals surface area contributed by atoms with Gasteiger partial charge in [0, 0.05) is 12.2 Å². The molecule has 1 atom stereocenters. The molecule has 0 aliphatic carbocycles. The Morgan fingerprint density at radius 2 is 1.97 bits per heavy atom. The fourth-order valence-electron chi connectivity index (χ4n) is 3.63. The first-order valence-electron chi connectivity index (χ1n) is 10.3. The van der Waals surface area contributed by atoms with Crippen LogP contribution in [0.3, 0.4) is 0 Å². The molecule has 3 aromatic rings. The number of benzene rings is 2. The predicted molar refractivity (Wildman–Crippen MR) is 121 cm³/mol. The number of nitrogens with one attached hydrogen (secondary N) is 1. The van der Waals surface area contributed by atoms with Crippen LogP contribution < -0.4 is 16.0 Å². The zero-order valence-corrected chi connectivity index (χ0v) is 17.9. The number of carbonyl (C=O) groups excluding carboxylic acids is 2. The molecule has 1 aromatic heterocycles. The van der Waals surface area contributed by atoms with Gasteiger partial charge in [-0.2, -0.15) is 5.48 Å². The van der Waals surface area contributed by atoms with E-state index in [1.54, 1.807) is 12.1 Å². The third kappa shape index (κ3) is 5.05. The average Bonchev–Trinajstić information content (AvgIpc) is 3.11. The molecule has 0 aliphatic rings. The van der Waals surface area contributed by atoms with E-state index < -0.39 is 17.9 Å². The molecule has 0 radical (unpaired) electrons. The second-order valence-electron chi connectivity index (χ2n) is 7.13. The van der Waals surface area contributed by atoms with E-state index in [0.29, 0.717) is 29.8 Å². The van der Waals surface area contributed by atoms with Gasteiger partial charge in [-0.1, -0.05) is 49.4 Å². The van der Waals surface area contributed by atoms with Gasteiger partial charge in [-0.25, -0.2) is 0 Å². The van der Waals surface area contributed by atoms with Crippen molar-refractivity contribution in [2.75, 3.05) is 13.2 Å². The number of aliphatic hydroxyl groups excluding tert-OH is 1. The molecule has 8 nitrogen and oxygen atoms in total. The van der Waals surface area contributed by atoms with Crippen LogP contribution in [0, 0.1) is 0 Å². The van der Waals surface area contributed by atoms with Gasteiger partial charge in [0.15, 0.2) is 6.23 Å². The van der Waals surface area contributed by atoms with Gasteiger partial charge < -0.3 is 20.1 Å². The van der Waals surface area contributed by atoms with Crippen molar-refractivity contribution in [3.8, 4) is 5.75 Å². The minimum atomic E-state index is -1.11. The van der Waals surface area contributed by atoms with Crippen LogP contribution in [-0.4, -0.2) is 40.8 Å². The third-order valence-corrected chi connectivity index (χ3v) is 4.95. The average molecular weight is 437 g/mol. The first kappa shape index (κ1) is 23.2. The Labute approximate surface area is 186 Å².